The molecule has 0 amide bonds. The maximum atomic E-state index is 6.09. The lowest BCUT2D eigenvalue weighted by Gasteiger charge is -2.13. The van der Waals surface area contributed by atoms with E-state index in [0.717, 1.165) is 37.6 Å². The van der Waals surface area contributed by atoms with Gasteiger partial charge in [-0.3, -0.25) is 0 Å². The Kier molecular flexibility index (Phi) is 19.7. The van der Waals surface area contributed by atoms with Crippen molar-refractivity contribution >= 4 is 45.8 Å². The molecule has 2 nitrogen and oxygen atoms in total. The molecule has 0 aromatic heterocycles. The van der Waals surface area contributed by atoms with Crippen molar-refractivity contribution in [3.8, 4) is 11.5 Å². The topological polar surface area (TPSA) is 18.5 Å². The van der Waals surface area contributed by atoms with Crippen LogP contribution in [0.5, 0.6) is 11.5 Å². The Bertz CT molecular complexity index is 1670. The molecule has 0 saturated carbocycles. The van der Waals surface area contributed by atoms with Gasteiger partial charge in [0, 0.05) is 0 Å². The average molecular weight is 751 g/mol. The van der Waals surface area contributed by atoms with Gasteiger partial charge in [-0.15, -0.1) is 0 Å². The molecule has 0 heterocycles. The van der Waals surface area contributed by atoms with Gasteiger partial charge in [0.15, 0.2) is 0 Å². The van der Waals surface area contributed by atoms with E-state index >= 15 is 0 Å². The zero-order chi connectivity index (χ0) is 38.9. The van der Waals surface area contributed by atoms with E-state index in [1.165, 1.54) is 159 Å². The molecule has 0 atom stereocenters. The van der Waals surface area contributed by atoms with E-state index in [4.69, 9.17) is 9.47 Å². The van der Waals surface area contributed by atoms with Crippen LogP contribution in [0.4, 0.5) is 0 Å². The number of rotatable bonds is 28. The minimum Gasteiger partial charge on any atom is -0.494 e. The van der Waals surface area contributed by atoms with E-state index in [1.54, 1.807) is 0 Å². The molecule has 56 heavy (non-hydrogen) atoms. The van der Waals surface area contributed by atoms with Crippen molar-refractivity contribution < 1.29 is 9.47 Å². The fourth-order valence-electron chi connectivity index (χ4n) is 7.82. The molecule has 0 bridgehead atoms. The van der Waals surface area contributed by atoms with Crippen molar-refractivity contribution in [3.05, 3.63) is 119 Å². The van der Waals surface area contributed by atoms with Gasteiger partial charge in [-0.25, -0.2) is 0 Å². The number of hydrogen-bond acceptors (Lipinski definition) is 2. The molecule has 0 aliphatic carbocycles. The molecule has 0 unspecified atom stereocenters. The maximum Gasteiger partial charge on any atom is 0.119 e. The van der Waals surface area contributed by atoms with E-state index in [-0.39, 0.29) is 0 Å². The van der Waals surface area contributed by atoms with Gasteiger partial charge in [-0.05, 0) is 80.9 Å². The number of fused-ring (bicyclic) bond motifs is 2. The quantitative estimate of drug-likeness (QED) is 0.0288. The summed E-state index contributed by atoms with van der Waals surface area (Å²) in [6.07, 6.45) is 35.8. The Morgan fingerprint density at radius 3 is 0.911 bits per heavy atom. The first-order valence-corrected chi connectivity index (χ1v) is 22.5. The van der Waals surface area contributed by atoms with Gasteiger partial charge >= 0.3 is 0 Å². The summed E-state index contributed by atoms with van der Waals surface area (Å²) in [5.74, 6) is 1.91. The first kappa shape index (κ1) is 42.8. The SMILES string of the molecule is CCCCCCCCCCCCOc1ccc(C=Cc2c3ccccc3c(C=Cc3ccc(OCCCCCCCCCCCC)cc3)c3ccccc23)cc1. The van der Waals surface area contributed by atoms with Gasteiger partial charge in [0.25, 0.3) is 0 Å². The summed E-state index contributed by atoms with van der Waals surface area (Å²) in [5, 5.41) is 5.03. The number of ether oxygens (including phenoxy) is 2. The third-order valence-corrected chi connectivity index (χ3v) is 11.2. The molecule has 0 N–H and O–H groups in total. The van der Waals surface area contributed by atoms with E-state index in [0.29, 0.717) is 0 Å². The average Bonchev–Trinajstić information content (AvgIpc) is 3.24. The fourth-order valence-corrected chi connectivity index (χ4v) is 7.82. The van der Waals surface area contributed by atoms with Crippen LogP contribution in [0.1, 0.15) is 165 Å². The predicted molar refractivity (Wildman–Crippen MR) is 247 cm³/mol. The molecule has 0 aliphatic rings. The fraction of sp³-hybridized carbons (Fsp3) is 0.444. The van der Waals surface area contributed by atoms with Gasteiger partial charge in [0.2, 0.25) is 0 Å². The van der Waals surface area contributed by atoms with E-state index in [2.05, 4.69) is 135 Å². The molecular weight excluding hydrogens is 681 g/mol. The lowest BCUT2D eigenvalue weighted by Crippen LogP contribution is -1.97. The third-order valence-electron chi connectivity index (χ3n) is 11.2. The van der Waals surface area contributed by atoms with Crippen LogP contribution in [-0.4, -0.2) is 13.2 Å². The van der Waals surface area contributed by atoms with Crippen LogP contribution >= 0.6 is 0 Å². The van der Waals surface area contributed by atoms with Crippen molar-refractivity contribution in [1.29, 1.82) is 0 Å². The van der Waals surface area contributed by atoms with Gasteiger partial charge < -0.3 is 9.47 Å². The lowest BCUT2D eigenvalue weighted by molar-refractivity contribution is 0.304. The second-order valence-electron chi connectivity index (χ2n) is 15.8. The zero-order valence-electron chi connectivity index (χ0n) is 34.9. The molecule has 0 aliphatic heterocycles. The molecule has 5 aromatic rings. The predicted octanol–water partition coefficient (Wildman–Crippen LogP) is 16.9. The number of benzene rings is 5. The van der Waals surface area contributed by atoms with Gasteiger partial charge in [0.05, 0.1) is 13.2 Å². The Morgan fingerprint density at radius 1 is 0.321 bits per heavy atom. The van der Waals surface area contributed by atoms with Crippen molar-refractivity contribution in [1.82, 2.24) is 0 Å². The Hall–Kier alpha value is -4.30. The minimum absolute atomic E-state index is 0.795. The summed E-state index contributed by atoms with van der Waals surface area (Å²) >= 11 is 0. The van der Waals surface area contributed by atoms with E-state index in [9.17, 15) is 0 Å². The monoisotopic (exact) mass is 751 g/mol. The highest BCUT2D eigenvalue weighted by Gasteiger charge is 2.11. The van der Waals surface area contributed by atoms with Crippen molar-refractivity contribution in [2.75, 3.05) is 13.2 Å². The van der Waals surface area contributed by atoms with E-state index in [1.807, 2.05) is 0 Å². The van der Waals surface area contributed by atoms with Crippen LogP contribution < -0.4 is 9.47 Å². The smallest absolute Gasteiger partial charge is 0.119 e. The second-order valence-corrected chi connectivity index (χ2v) is 15.8. The standard InChI is InChI=1S/C54H70O2/c1-3-5-7-9-11-13-15-17-19-25-43-55-47-37-31-45(32-38-47)35-41-53-49-27-21-23-29-51(49)54(52-30-24-22-28-50(52)53)42-36-46-33-39-48(40-34-46)56-44-26-20-18-16-14-12-10-8-6-4-2/h21-24,27-42H,3-20,25-26,43-44H2,1-2H3. The van der Waals surface area contributed by atoms with Crippen LogP contribution in [0.2, 0.25) is 0 Å². The van der Waals surface area contributed by atoms with Crippen LogP contribution in [0.3, 0.4) is 0 Å². The Labute approximate surface area is 340 Å². The minimum atomic E-state index is 0.795. The highest BCUT2D eigenvalue weighted by Crippen LogP contribution is 2.35. The van der Waals surface area contributed by atoms with Gasteiger partial charge in [-0.2, -0.15) is 0 Å². The summed E-state index contributed by atoms with van der Waals surface area (Å²) in [5.41, 5.74) is 4.84. The van der Waals surface area contributed by atoms with Crippen molar-refractivity contribution in [2.24, 2.45) is 0 Å². The molecule has 0 radical (unpaired) electrons. The molecule has 298 valence electrons. The molecule has 0 spiro atoms. The summed E-state index contributed by atoms with van der Waals surface area (Å²) in [6.45, 7) is 6.16. The highest BCUT2D eigenvalue weighted by molar-refractivity contribution is 6.14. The van der Waals surface area contributed by atoms with Gasteiger partial charge in [-0.1, -0.05) is 227 Å². The van der Waals surface area contributed by atoms with E-state index < -0.39 is 0 Å². The largest absolute Gasteiger partial charge is 0.494 e. The maximum absolute atomic E-state index is 6.09. The van der Waals surface area contributed by atoms with Crippen LogP contribution in [-0.2, 0) is 0 Å². The summed E-state index contributed by atoms with van der Waals surface area (Å²) in [4.78, 5) is 0. The Morgan fingerprint density at radius 2 is 0.607 bits per heavy atom. The van der Waals surface area contributed by atoms with Crippen LogP contribution in [0.25, 0.3) is 45.8 Å². The van der Waals surface area contributed by atoms with Crippen molar-refractivity contribution in [2.45, 2.75) is 142 Å². The summed E-state index contributed by atoms with van der Waals surface area (Å²) in [7, 11) is 0. The molecule has 5 aromatic carbocycles. The van der Waals surface area contributed by atoms with Gasteiger partial charge in [0.1, 0.15) is 11.5 Å². The summed E-state index contributed by atoms with van der Waals surface area (Å²) < 4.78 is 12.2. The van der Waals surface area contributed by atoms with Crippen molar-refractivity contribution in [3.63, 3.8) is 0 Å². The molecule has 0 saturated heterocycles. The van der Waals surface area contributed by atoms with Crippen LogP contribution in [0.15, 0.2) is 97.1 Å². The Balaban J connectivity index is 1.13. The second kappa shape index (κ2) is 25.8. The first-order chi connectivity index (χ1) is 27.8. The number of hydrogen-bond donors (Lipinski definition) is 0. The highest BCUT2D eigenvalue weighted by atomic mass is 16.5. The number of unbranched alkanes of at least 4 members (excludes halogenated alkanes) is 18. The normalized spacial score (nSPS) is 11.8. The summed E-state index contributed by atoms with van der Waals surface area (Å²) in [6, 6.07) is 34.7. The third kappa shape index (κ3) is 14.6. The zero-order valence-corrected chi connectivity index (χ0v) is 34.9. The molecule has 0 fully saturated rings. The molecule has 5 rings (SSSR count). The lowest BCUT2D eigenvalue weighted by atomic mass is 9.91. The first-order valence-electron chi connectivity index (χ1n) is 22.5. The molecular formula is C54H70O2. The molecule has 2 heteroatoms. The van der Waals surface area contributed by atoms with Crippen LogP contribution in [0, 0.1) is 0 Å².